The number of hydrogen-bond donors (Lipinski definition) is 0. The van der Waals surface area contributed by atoms with Gasteiger partial charge in [0.2, 0.25) is 11.4 Å². The fourth-order valence-electron chi connectivity index (χ4n) is 14.0. The molecular formula is C83H146N2. The Morgan fingerprint density at radius 2 is 0.353 bits per heavy atom. The van der Waals surface area contributed by atoms with Gasteiger partial charge in [-0.2, -0.15) is 0 Å². The van der Waals surface area contributed by atoms with E-state index in [4.69, 9.17) is 0 Å². The summed E-state index contributed by atoms with van der Waals surface area (Å²) in [4.78, 5) is 0. The van der Waals surface area contributed by atoms with Crippen molar-refractivity contribution in [1.29, 1.82) is 0 Å². The summed E-state index contributed by atoms with van der Waals surface area (Å²) in [6.07, 6.45) is 87.9. The summed E-state index contributed by atoms with van der Waals surface area (Å²) in [5.41, 5.74) is 22.4. The molecule has 0 amide bonds. The average Bonchev–Trinajstić information content (AvgIpc) is 1.82. The van der Waals surface area contributed by atoms with Gasteiger partial charge in [0.25, 0.3) is 0 Å². The van der Waals surface area contributed by atoms with Crippen molar-refractivity contribution in [2.45, 2.75) is 432 Å². The van der Waals surface area contributed by atoms with E-state index in [2.05, 4.69) is 76.2 Å². The van der Waals surface area contributed by atoms with Gasteiger partial charge in [-0.1, -0.05) is 405 Å². The molecule has 2 heteroatoms. The van der Waals surface area contributed by atoms with Crippen LogP contribution in [0.25, 0.3) is 16.9 Å². The minimum atomic E-state index is 1.03. The van der Waals surface area contributed by atoms with Crippen LogP contribution >= 0.6 is 0 Å². The van der Waals surface area contributed by atoms with Crippen molar-refractivity contribution < 1.29 is 4.70 Å². The van der Waals surface area contributed by atoms with E-state index in [1.165, 1.54) is 412 Å². The highest BCUT2D eigenvalue weighted by atomic mass is 15.2. The lowest BCUT2D eigenvalue weighted by Crippen LogP contribution is -2.03. The first kappa shape index (κ1) is 76.8. The monoisotopic (exact) mass is 1170 g/mol. The highest BCUT2D eigenvalue weighted by molar-refractivity contribution is 5.82. The quantitative estimate of drug-likeness (QED) is 0.0466. The lowest BCUT2D eigenvalue weighted by Gasteiger charge is -2.11. The minimum Gasteiger partial charge on any atom is -0.493 e. The van der Waals surface area contributed by atoms with Gasteiger partial charge in [-0.25, -0.2) is 4.70 Å². The maximum absolute atomic E-state index is 12.3. The zero-order chi connectivity index (χ0) is 60.4. The Bertz CT molecular complexity index is 1830. The van der Waals surface area contributed by atoms with E-state index < -0.39 is 0 Å². The van der Waals surface area contributed by atoms with E-state index in [1.807, 2.05) is 0 Å². The summed E-state index contributed by atoms with van der Waals surface area (Å²) in [7, 11) is 0. The Labute approximate surface area is 532 Å². The van der Waals surface area contributed by atoms with Crippen molar-refractivity contribution in [3.05, 3.63) is 87.5 Å². The fraction of sp³-hybridized carbons (Fsp3) is 0.807. The molecule has 1 aliphatic heterocycles. The maximum atomic E-state index is 12.3. The van der Waals surface area contributed by atoms with Gasteiger partial charge in [-0.05, 0) is 86.8 Å². The van der Waals surface area contributed by atoms with Gasteiger partial charge >= 0.3 is 0 Å². The molecule has 0 bridgehead atoms. The highest BCUT2D eigenvalue weighted by Gasteiger charge is 2.35. The molecule has 1 heterocycles. The van der Waals surface area contributed by atoms with Gasteiger partial charge in [0.15, 0.2) is 0 Å². The van der Waals surface area contributed by atoms with Crippen molar-refractivity contribution in [3.63, 3.8) is 0 Å². The molecule has 3 rings (SSSR count). The molecule has 0 saturated carbocycles. The van der Waals surface area contributed by atoms with E-state index >= 15 is 0 Å². The Morgan fingerprint density at radius 1 is 0.200 bits per heavy atom. The molecule has 0 saturated heterocycles. The Morgan fingerprint density at radius 3 is 0.565 bits per heavy atom. The molecule has 1 aliphatic rings. The Kier molecular flexibility index (Phi) is 52.3. The zero-order valence-corrected chi connectivity index (χ0v) is 58.1. The standard InChI is InChI=1S/C83H146N2/c1-5-9-13-16-18-20-22-24-26-28-30-32-34-36-38-40-42-44-46-48-50-52-54-56-58-61-64-76-68-72-78(73-69-76)82-80(66-60-12-8-4)81(67-63-15-11-7-3)83(85(82)84)79-74-70-77(71-75-79)65-62-59-57-55-53-51-49-47-45-43-41-39-37-35-33-31-29-27-25-23-21-19-17-14-10-6-2/h68-75H,5-67H2,1-4H3. The third-order valence-corrected chi connectivity index (χ3v) is 19.8. The number of allylic oxidation sites excluding steroid dienone is 2. The molecule has 2 nitrogen and oxygen atoms in total. The summed E-state index contributed by atoms with van der Waals surface area (Å²) < 4.78 is 1.62. The number of aryl methyl sites for hydroxylation is 2. The van der Waals surface area contributed by atoms with Crippen molar-refractivity contribution in [1.82, 2.24) is 0 Å². The smallest absolute Gasteiger partial charge is 0.211 e. The number of benzene rings is 2. The molecule has 0 N–H and O–H groups in total. The first-order valence-electron chi connectivity index (χ1n) is 39.3. The molecule has 0 aromatic heterocycles. The normalized spacial score (nSPS) is 12.8. The van der Waals surface area contributed by atoms with Crippen LogP contribution in [0.3, 0.4) is 0 Å². The Balaban J connectivity index is 1.26. The van der Waals surface area contributed by atoms with Gasteiger partial charge in [0.05, 0.1) is 0 Å². The molecule has 2 aromatic rings. The van der Waals surface area contributed by atoms with Gasteiger partial charge in [0, 0.05) is 22.3 Å². The van der Waals surface area contributed by atoms with E-state index in [0.29, 0.717) is 0 Å². The van der Waals surface area contributed by atoms with E-state index in [1.54, 1.807) is 4.70 Å². The SMILES string of the molecule is CCCCCCCCCCCCCCCCCCCCCCCCCCCCc1ccc(C2=C(CCCCC)C(CCCCCC)=C(c3ccc(CCCCCCCCCCCCCCCCCCCCCCCCCCCC)cc3)[N+]2=[N-])cc1. The second-order valence-corrected chi connectivity index (χ2v) is 27.8. The molecule has 0 aliphatic carbocycles. The zero-order valence-electron chi connectivity index (χ0n) is 58.1. The van der Waals surface area contributed by atoms with Gasteiger partial charge in [-0.15, -0.1) is 0 Å². The van der Waals surface area contributed by atoms with Crippen molar-refractivity contribution in [2.24, 2.45) is 0 Å². The van der Waals surface area contributed by atoms with Gasteiger partial charge in [-0.3, -0.25) is 0 Å². The van der Waals surface area contributed by atoms with Crippen LogP contribution in [0.4, 0.5) is 0 Å². The molecule has 0 atom stereocenters. The van der Waals surface area contributed by atoms with Crippen molar-refractivity contribution in [2.75, 3.05) is 0 Å². The summed E-state index contributed by atoms with van der Waals surface area (Å²) in [6, 6.07) is 18.7. The number of rotatable bonds is 65. The minimum absolute atomic E-state index is 1.03. The summed E-state index contributed by atoms with van der Waals surface area (Å²) in [5.74, 6) is 0. The largest absolute Gasteiger partial charge is 0.493 e. The maximum Gasteiger partial charge on any atom is 0.211 e. The van der Waals surface area contributed by atoms with Crippen molar-refractivity contribution in [3.8, 4) is 0 Å². The second kappa shape index (κ2) is 57.9. The number of unbranched alkanes of at least 4 members (excludes halogenated alkanes) is 55. The van der Waals surface area contributed by atoms with Crippen LogP contribution in [0.15, 0.2) is 59.7 Å². The lowest BCUT2D eigenvalue weighted by atomic mass is 9.91. The topological polar surface area (TPSA) is 25.3 Å². The third-order valence-electron chi connectivity index (χ3n) is 19.8. The van der Waals surface area contributed by atoms with E-state index in [0.717, 1.165) is 37.1 Å². The number of nitrogens with zero attached hydrogens (tertiary/aromatic N) is 2. The highest BCUT2D eigenvalue weighted by Crippen LogP contribution is 2.45. The molecule has 85 heavy (non-hydrogen) atoms. The molecule has 0 spiro atoms. The first-order valence-corrected chi connectivity index (χ1v) is 39.3. The summed E-state index contributed by atoms with van der Waals surface area (Å²) in [6.45, 7) is 9.24. The number of hydrogen-bond acceptors (Lipinski definition) is 0. The predicted octanol–water partition coefficient (Wildman–Crippen LogP) is 29.8. The van der Waals surface area contributed by atoms with Gasteiger partial charge in [0.1, 0.15) is 0 Å². The molecule has 0 unspecified atom stereocenters. The second-order valence-electron chi connectivity index (χ2n) is 27.8. The molecule has 0 radical (unpaired) electrons. The van der Waals surface area contributed by atoms with Crippen LogP contribution in [-0.2, 0) is 12.8 Å². The van der Waals surface area contributed by atoms with E-state index in [9.17, 15) is 5.53 Å². The third kappa shape index (κ3) is 40.7. The molecule has 2 aromatic carbocycles. The fourth-order valence-corrected chi connectivity index (χ4v) is 14.0. The lowest BCUT2D eigenvalue weighted by molar-refractivity contribution is -0.345. The summed E-state index contributed by atoms with van der Waals surface area (Å²) >= 11 is 0. The van der Waals surface area contributed by atoms with Crippen LogP contribution < -0.4 is 0 Å². The molecular weight excluding hydrogens is 1020 g/mol. The summed E-state index contributed by atoms with van der Waals surface area (Å²) in [5, 5.41) is 0. The Hall–Kier alpha value is -2.48. The van der Waals surface area contributed by atoms with Gasteiger partial charge < -0.3 is 5.53 Å². The molecule has 0 fully saturated rings. The van der Waals surface area contributed by atoms with Crippen LogP contribution in [-0.4, -0.2) is 4.70 Å². The average molecular weight is 1170 g/mol. The first-order chi connectivity index (χ1) is 42.1. The van der Waals surface area contributed by atoms with Crippen LogP contribution in [0.2, 0.25) is 0 Å². The van der Waals surface area contributed by atoms with Crippen LogP contribution in [0.1, 0.15) is 442 Å². The van der Waals surface area contributed by atoms with Crippen LogP contribution in [0.5, 0.6) is 0 Å². The molecule has 488 valence electrons. The van der Waals surface area contributed by atoms with Crippen LogP contribution in [0, 0.1) is 0 Å². The van der Waals surface area contributed by atoms with Crippen molar-refractivity contribution >= 4 is 11.4 Å². The van der Waals surface area contributed by atoms with E-state index in [-0.39, 0.29) is 0 Å². The predicted molar refractivity (Wildman–Crippen MR) is 382 cm³/mol.